The fraction of sp³-hybridized carbons (Fsp3) is 0.167. The second kappa shape index (κ2) is 7.41. The van der Waals surface area contributed by atoms with Gasteiger partial charge in [0.15, 0.2) is 0 Å². The number of amides is 1. The summed E-state index contributed by atoms with van der Waals surface area (Å²) in [6.07, 6.45) is 3.11. The summed E-state index contributed by atoms with van der Waals surface area (Å²) in [5.74, 6) is 0.143. The van der Waals surface area contributed by atoms with Crippen molar-refractivity contribution >= 4 is 17.7 Å². The molecule has 1 amide bonds. The second-order valence-electron chi connectivity index (χ2n) is 5.07. The molecule has 0 aromatic heterocycles. The van der Waals surface area contributed by atoms with Crippen LogP contribution in [0.25, 0.3) is 6.08 Å². The molecule has 0 aliphatic rings. The first-order valence-corrected chi connectivity index (χ1v) is 7.04. The molecular weight excluding hydrogens is 281 g/mol. The molecule has 1 N–H and O–H groups in total. The summed E-state index contributed by atoms with van der Waals surface area (Å²) in [5.41, 5.74) is 1.42. The monoisotopic (exact) mass is 299 g/mol. The van der Waals surface area contributed by atoms with Gasteiger partial charge in [-0.3, -0.25) is 4.79 Å². The first-order valence-electron chi connectivity index (χ1n) is 7.04. The molecule has 0 atom stereocenters. The molecule has 0 aliphatic carbocycles. The van der Waals surface area contributed by atoms with Crippen LogP contribution in [0.4, 0.5) is 10.1 Å². The Balaban J connectivity index is 1.98. The molecule has 0 radical (unpaired) electrons. The number of ether oxygens (including phenoxy) is 1. The molecule has 0 unspecified atom stereocenters. The maximum absolute atomic E-state index is 12.8. The molecule has 2 aromatic carbocycles. The van der Waals surface area contributed by atoms with Gasteiger partial charge in [-0.25, -0.2) is 4.39 Å². The molecule has 0 saturated heterocycles. The van der Waals surface area contributed by atoms with Crippen molar-refractivity contribution in [1.29, 1.82) is 0 Å². The average molecular weight is 299 g/mol. The van der Waals surface area contributed by atoms with Crippen LogP contribution in [0, 0.1) is 5.82 Å². The number of halogens is 1. The van der Waals surface area contributed by atoms with Crippen molar-refractivity contribution in [2.24, 2.45) is 0 Å². The van der Waals surface area contributed by atoms with Gasteiger partial charge in [-0.15, -0.1) is 0 Å². The Morgan fingerprint density at radius 3 is 2.59 bits per heavy atom. The lowest BCUT2D eigenvalue weighted by Crippen LogP contribution is -2.09. The third kappa shape index (κ3) is 5.05. The zero-order chi connectivity index (χ0) is 15.9. The third-order valence-electron chi connectivity index (χ3n) is 2.77. The quantitative estimate of drug-likeness (QED) is 0.838. The van der Waals surface area contributed by atoms with Gasteiger partial charge in [0.2, 0.25) is 5.91 Å². The van der Waals surface area contributed by atoms with E-state index in [1.807, 2.05) is 26.0 Å². The topological polar surface area (TPSA) is 38.3 Å². The van der Waals surface area contributed by atoms with E-state index < -0.39 is 0 Å². The molecule has 2 aromatic rings. The number of benzene rings is 2. The standard InChI is InChI=1S/C18H18FNO2/c1-13(2)22-17-5-3-4-16(12-17)20-18(21)11-8-14-6-9-15(19)10-7-14/h3-13H,1-2H3,(H,20,21)/b11-8+. The Kier molecular flexibility index (Phi) is 5.31. The van der Waals surface area contributed by atoms with Gasteiger partial charge in [-0.1, -0.05) is 18.2 Å². The van der Waals surface area contributed by atoms with Crippen molar-refractivity contribution in [3.8, 4) is 5.75 Å². The Morgan fingerprint density at radius 2 is 1.91 bits per heavy atom. The third-order valence-corrected chi connectivity index (χ3v) is 2.77. The van der Waals surface area contributed by atoms with Gasteiger partial charge in [-0.2, -0.15) is 0 Å². The normalized spacial score (nSPS) is 10.9. The smallest absolute Gasteiger partial charge is 0.248 e. The first-order chi connectivity index (χ1) is 10.5. The molecule has 0 saturated carbocycles. The van der Waals surface area contributed by atoms with Crippen molar-refractivity contribution in [3.63, 3.8) is 0 Å². The number of hydrogen-bond acceptors (Lipinski definition) is 2. The van der Waals surface area contributed by atoms with E-state index in [1.165, 1.54) is 18.2 Å². The van der Waals surface area contributed by atoms with E-state index in [9.17, 15) is 9.18 Å². The van der Waals surface area contributed by atoms with Gasteiger partial charge in [-0.05, 0) is 49.8 Å². The van der Waals surface area contributed by atoms with Gasteiger partial charge in [0.25, 0.3) is 0 Å². The van der Waals surface area contributed by atoms with E-state index in [0.29, 0.717) is 11.4 Å². The molecule has 114 valence electrons. The molecule has 0 heterocycles. The van der Waals surface area contributed by atoms with Gasteiger partial charge in [0, 0.05) is 17.8 Å². The molecule has 22 heavy (non-hydrogen) atoms. The molecule has 0 bridgehead atoms. The van der Waals surface area contributed by atoms with E-state index in [-0.39, 0.29) is 17.8 Å². The van der Waals surface area contributed by atoms with Crippen LogP contribution in [0.5, 0.6) is 5.75 Å². The van der Waals surface area contributed by atoms with Gasteiger partial charge in [0.1, 0.15) is 11.6 Å². The second-order valence-corrected chi connectivity index (χ2v) is 5.07. The highest BCUT2D eigenvalue weighted by Crippen LogP contribution is 2.18. The lowest BCUT2D eigenvalue weighted by atomic mass is 10.2. The summed E-state index contributed by atoms with van der Waals surface area (Å²) in [6.45, 7) is 3.88. The molecule has 0 fully saturated rings. The lowest BCUT2D eigenvalue weighted by Gasteiger charge is -2.10. The zero-order valence-corrected chi connectivity index (χ0v) is 12.5. The summed E-state index contributed by atoms with van der Waals surface area (Å²) in [4.78, 5) is 11.9. The number of carbonyl (C=O) groups is 1. The fourth-order valence-electron chi connectivity index (χ4n) is 1.85. The van der Waals surface area contributed by atoms with Crippen LogP contribution in [-0.4, -0.2) is 12.0 Å². The van der Waals surface area contributed by atoms with E-state index in [1.54, 1.807) is 30.3 Å². The Bertz CT molecular complexity index is 663. The molecule has 0 aliphatic heterocycles. The van der Waals surface area contributed by atoms with Crippen LogP contribution >= 0.6 is 0 Å². The van der Waals surface area contributed by atoms with Crippen LogP contribution in [0.2, 0.25) is 0 Å². The lowest BCUT2D eigenvalue weighted by molar-refractivity contribution is -0.111. The molecule has 3 nitrogen and oxygen atoms in total. The maximum Gasteiger partial charge on any atom is 0.248 e. The van der Waals surface area contributed by atoms with Crippen LogP contribution in [0.1, 0.15) is 19.4 Å². The predicted octanol–water partition coefficient (Wildman–Crippen LogP) is 4.26. The van der Waals surface area contributed by atoms with Crippen molar-refractivity contribution in [2.45, 2.75) is 20.0 Å². The molecule has 4 heteroatoms. The van der Waals surface area contributed by atoms with E-state index >= 15 is 0 Å². The Labute approximate surface area is 129 Å². The predicted molar refractivity (Wildman–Crippen MR) is 86.3 cm³/mol. The maximum atomic E-state index is 12.8. The van der Waals surface area contributed by atoms with E-state index in [4.69, 9.17) is 4.74 Å². The average Bonchev–Trinajstić information content (AvgIpc) is 2.46. The van der Waals surface area contributed by atoms with Crippen LogP contribution in [0.15, 0.2) is 54.6 Å². The summed E-state index contributed by atoms with van der Waals surface area (Å²) < 4.78 is 18.4. The number of hydrogen-bond donors (Lipinski definition) is 1. The number of nitrogens with one attached hydrogen (secondary N) is 1. The van der Waals surface area contributed by atoms with Gasteiger partial charge < -0.3 is 10.1 Å². The SMILES string of the molecule is CC(C)Oc1cccc(NC(=O)/C=C/c2ccc(F)cc2)c1. The minimum absolute atomic E-state index is 0.0734. The van der Waals surface area contributed by atoms with Crippen molar-refractivity contribution in [3.05, 3.63) is 66.0 Å². The van der Waals surface area contributed by atoms with Crippen molar-refractivity contribution in [2.75, 3.05) is 5.32 Å². The highest BCUT2D eigenvalue weighted by molar-refractivity contribution is 6.02. The Morgan fingerprint density at radius 1 is 1.18 bits per heavy atom. The molecule has 2 rings (SSSR count). The summed E-state index contributed by atoms with van der Waals surface area (Å²) in [7, 11) is 0. The van der Waals surface area contributed by atoms with Crippen LogP contribution < -0.4 is 10.1 Å². The van der Waals surface area contributed by atoms with Crippen LogP contribution in [-0.2, 0) is 4.79 Å². The van der Waals surface area contributed by atoms with Crippen molar-refractivity contribution in [1.82, 2.24) is 0 Å². The van der Waals surface area contributed by atoms with Crippen LogP contribution in [0.3, 0.4) is 0 Å². The summed E-state index contributed by atoms with van der Waals surface area (Å²) >= 11 is 0. The van der Waals surface area contributed by atoms with Gasteiger partial charge in [0.05, 0.1) is 6.10 Å². The number of anilines is 1. The minimum atomic E-state index is -0.302. The summed E-state index contributed by atoms with van der Waals surface area (Å²) in [6, 6.07) is 13.1. The molecule has 0 spiro atoms. The van der Waals surface area contributed by atoms with E-state index in [2.05, 4.69) is 5.32 Å². The van der Waals surface area contributed by atoms with Crippen molar-refractivity contribution < 1.29 is 13.9 Å². The summed E-state index contributed by atoms with van der Waals surface area (Å²) in [5, 5.41) is 2.76. The first kappa shape index (κ1) is 15.8. The number of carbonyl (C=O) groups excluding carboxylic acids is 1. The van der Waals surface area contributed by atoms with Gasteiger partial charge >= 0.3 is 0 Å². The largest absolute Gasteiger partial charge is 0.491 e. The zero-order valence-electron chi connectivity index (χ0n) is 12.5. The Hall–Kier alpha value is -2.62. The minimum Gasteiger partial charge on any atom is -0.491 e. The molecular formula is C18H18FNO2. The highest BCUT2D eigenvalue weighted by atomic mass is 19.1. The van der Waals surface area contributed by atoms with E-state index in [0.717, 1.165) is 5.56 Å². The highest BCUT2D eigenvalue weighted by Gasteiger charge is 2.02. The number of rotatable bonds is 5. The fourth-order valence-corrected chi connectivity index (χ4v) is 1.85.